The molecule has 0 unspecified atom stereocenters. The largest absolute Gasteiger partial charge is 0.491 e. The molecular weight excluding hydrogens is 1040 g/mol. The minimum atomic E-state index is -0.148. The van der Waals surface area contributed by atoms with Crippen molar-refractivity contribution < 1.29 is 9.47 Å². The first kappa shape index (κ1) is 53.1. The number of anilines is 6. The first-order valence-corrected chi connectivity index (χ1v) is 30.3. The lowest BCUT2D eigenvalue weighted by atomic mass is 9.82. The van der Waals surface area contributed by atoms with E-state index >= 15 is 0 Å². The van der Waals surface area contributed by atoms with Gasteiger partial charge in [-0.25, -0.2) is 0 Å². The molecule has 4 nitrogen and oxygen atoms in total. The van der Waals surface area contributed by atoms with Crippen molar-refractivity contribution in [2.75, 3.05) is 24.0 Å². The van der Waals surface area contributed by atoms with E-state index in [0.717, 1.165) is 66.5 Å². The van der Waals surface area contributed by atoms with Crippen molar-refractivity contribution in [3.05, 3.63) is 263 Å². The van der Waals surface area contributed by atoms with Gasteiger partial charge in [-0.3, -0.25) is 0 Å². The van der Waals surface area contributed by atoms with Gasteiger partial charge in [0.2, 0.25) is 0 Å². The molecule has 14 rings (SSSR count). The molecule has 10 aromatic carbocycles. The Morgan fingerprint density at radius 3 is 0.940 bits per heavy atom. The molecule has 1 aromatic heterocycles. The van der Waals surface area contributed by atoms with E-state index in [1.54, 1.807) is 25.6 Å². The van der Waals surface area contributed by atoms with E-state index in [4.69, 9.17) is 9.47 Å². The van der Waals surface area contributed by atoms with Gasteiger partial charge in [0.25, 0.3) is 0 Å². The van der Waals surface area contributed by atoms with Crippen LogP contribution in [0.1, 0.15) is 101 Å². The highest BCUT2D eigenvalue weighted by Crippen LogP contribution is 2.57. The first-order valence-electron chi connectivity index (χ1n) is 29.5. The molecule has 5 heteroatoms. The summed E-state index contributed by atoms with van der Waals surface area (Å²) in [6.45, 7) is 21.0. The van der Waals surface area contributed by atoms with Gasteiger partial charge < -0.3 is 19.3 Å². The monoisotopic (exact) mass is 1110 g/mol. The third kappa shape index (κ3) is 8.29. The van der Waals surface area contributed by atoms with Gasteiger partial charge in [-0.05, 0) is 173 Å². The van der Waals surface area contributed by atoms with Crippen LogP contribution in [0.2, 0.25) is 0 Å². The second-order valence-corrected chi connectivity index (χ2v) is 26.7. The van der Waals surface area contributed by atoms with Crippen LogP contribution in [-0.4, -0.2) is 14.2 Å². The highest BCUT2D eigenvalue weighted by Gasteiger charge is 2.39. The molecule has 0 atom stereocenters. The molecule has 0 spiro atoms. The lowest BCUT2D eigenvalue weighted by Crippen LogP contribution is -2.18. The molecule has 0 fully saturated rings. The smallest absolute Gasteiger partial charge is 0.180 e. The van der Waals surface area contributed by atoms with Gasteiger partial charge in [-0.15, -0.1) is 11.3 Å². The van der Waals surface area contributed by atoms with Crippen LogP contribution >= 0.6 is 11.3 Å². The molecule has 0 aliphatic heterocycles. The van der Waals surface area contributed by atoms with Gasteiger partial charge >= 0.3 is 0 Å². The summed E-state index contributed by atoms with van der Waals surface area (Å²) in [6, 6.07) is 83.7. The zero-order valence-corrected chi connectivity index (χ0v) is 50.8. The number of methoxy groups -OCH3 is 2. The minimum Gasteiger partial charge on any atom is -0.491 e. The summed E-state index contributed by atoms with van der Waals surface area (Å²) in [5.41, 5.74) is 28.0. The SMILES string of the molecule is COc1c(-c2ccc(N(c3ccc(-c4ccccc4C(C)(C)C)cc3)c3ccc4c(c3)C(C)(C)c3ccccc3-4)cc2)sc(-c2ccc(N(c3ccc4c(c3)C(C)(C)c3ccccc3-4)c3ccc4c(c3)C(C)(C)c3ccccc3-4)cc2)c1OC. The molecule has 3 aliphatic carbocycles. The van der Waals surface area contributed by atoms with Crippen LogP contribution in [-0.2, 0) is 21.7 Å². The highest BCUT2D eigenvalue weighted by molar-refractivity contribution is 7.19. The standard InChI is InChI=1S/C79H70N2O2S/c1-76(2,3)65-24-16-12-20-58(65)49-28-34-52(35-29-49)80(55-40-43-62-59-21-13-17-25-66(59)77(4,5)69(62)46-55)53-36-30-50(31-37-53)74-72(82-10)73(83-11)75(84-74)51-32-38-54(39-33-51)81(56-41-44-63-60-22-14-18-26-67(60)78(6,7)70(63)47-56)57-42-45-64-61-23-15-19-27-68(61)79(8,9)71(64)48-57/h12-48H,1-11H3. The summed E-state index contributed by atoms with van der Waals surface area (Å²) < 4.78 is 12.6. The predicted molar refractivity (Wildman–Crippen MR) is 354 cm³/mol. The van der Waals surface area contributed by atoms with Crippen LogP contribution in [0.3, 0.4) is 0 Å². The van der Waals surface area contributed by atoms with E-state index in [9.17, 15) is 0 Å². The summed E-state index contributed by atoms with van der Waals surface area (Å²) in [5, 5.41) is 0. The quantitative estimate of drug-likeness (QED) is 0.129. The molecule has 0 saturated carbocycles. The fraction of sp³-hybridized carbons (Fsp3) is 0.190. The number of nitrogens with zero attached hydrogens (tertiary/aromatic N) is 2. The Bertz CT molecular complexity index is 4290. The maximum Gasteiger partial charge on any atom is 0.180 e. The van der Waals surface area contributed by atoms with E-state index in [1.165, 1.54) is 83.5 Å². The Morgan fingerprint density at radius 1 is 0.310 bits per heavy atom. The second kappa shape index (κ2) is 19.6. The lowest BCUT2D eigenvalue weighted by Gasteiger charge is -2.30. The van der Waals surface area contributed by atoms with Gasteiger partial charge in [-0.2, -0.15) is 0 Å². The Kier molecular flexibility index (Phi) is 12.4. The molecular formula is C79H70N2O2S. The Morgan fingerprint density at radius 2 is 0.595 bits per heavy atom. The zero-order valence-electron chi connectivity index (χ0n) is 50.0. The number of thiophene rings is 1. The Labute approximate surface area is 500 Å². The molecule has 414 valence electrons. The van der Waals surface area contributed by atoms with Gasteiger partial charge in [0.05, 0.1) is 24.0 Å². The number of fused-ring (bicyclic) bond motifs is 9. The normalized spacial score (nSPS) is 14.4. The summed E-state index contributed by atoms with van der Waals surface area (Å²) >= 11 is 1.70. The molecule has 84 heavy (non-hydrogen) atoms. The van der Waals surface area contributed by atoms with Crippen molar-refractivity contribution in [2.45, 2.75) is 84.0 Å². The van der Waals surface area contributed by atoms with Crippen LogP contribution in [0, 0.1) is 0 Å². The maximum absolute atomic E-state index is 6.31. The van der Waals surface area contributed by atoms with Crippen molar-refractivity contribution in [3.8, 4) is 76.9 Å². The van der Waals surface area contributed by atoms with Crippen molar-refractivity contribution in [2.24, 2.45) is 0 Å². The number of rotatable bonds is 11. The predicted octanol–water partition coefficient (Wildman–Crippen LogP) is 21.9. The first-order chi connectivity index (χ1) is 40.5. The molecule has 3 aliphatic rings. The summed E-state index contributed by atoms with van der Waals surface area (Å²) in [5.74, 6) is 1.45. The van der Waals surface area contributed by atoms with E-state index < -0.39 is 0 Å². The Balaban J connectivity index is 0.834. The van der Waals surface area contributed by atoms with Crippen molar-refractivity contribution in [1.82, 2.24) is 0 Å². The van der Waals surface area contributed by atoms with Crippen LogP contribution in [0.5, 0.6) is 11.5 Å². The van der Waals surface area contributed by atoms with Gasteiger partial charge in [0.1, 0.15) is 0 Å². The molecule has 0 N–H and O–H groups in total. The fourth-order valence-electron chi connectivity index (χ4n) is 14.2. The molecule has 11 aromatic rings. The molecule has 0 bridgehead atoms. The van der Waals surface area contributed by atoms with Gasteiger partial charge in [0, 0.05) is 50.4 Å². The van der Waals surface area contributed by atoms with Crippen molar-refractivity contribution in [3.63, 3.8) is 0 Å². The zero-order chi connectivity index (χ0) is 58.0. The Hall–Kier alpha value is -8.90. The summed E-state index contributed by atoms with van der Waals surface area (Å²) in [7, 11) is 3.50. The molecule has 0 saturated heterocycles. The summed E-state index contributed by atoms with van der Waals surface area (Å²) in [6.07, 6.45) is 0. The number of hydrogen-bond donors (Lipinski definition) is 0. The third-order valence-corrected chi connectivity index (χ3v) is 19.9. The van der Waals surface area contributed by atoms with Crippen LogP contribution in [0.4, 0.5) is 34.1 Å². The highest BCUT2D eigenvalue weighted by atomic mass is 32.1. The molecule has 0 radical (unpaired) electrons. The van der Waals surface area contributed by atoms with Crippen LogP contribution < -0.4 is 19.3 Å². The van der Waals surface area contributed by atoms with Gasteiger partial charge in [-0.1, -0.05) is 214 Å². The summed E-state index contributed by atoms with van der Waals surface area (Å²) in [4.78, 5) is 6.86. The number of benzene rings is 10. The topological polar surface area (TPSA) is 24.9 Å². The third-order valence-electron chi connectivity index (χ3n) is 18.7. The number of ether oxygens (including phenoxy) is 2. The second-order valence-electron chi connectivity index (χ2n) is 25.6. The molecule has 0 amide bonds. The van der Waals surface area contributed by atoms with E-state index in [0.29, 0.717) is 0 Å². The minimum absolute atomic E-state index is 0.00576. The van der Waals surface area contributed by atoms with Gasteiger partial charge in [0.15, 0.2) is 11.5 Å². The molecule has 1 heterocycles. The maximum atomic E-state index is 6.31. The average molecular weight is 1110 g/mol. The van der Waals surface area contributed by atoms with Crippen molar-refractivity contribution >= 4 is 45.5 Å². The fourth-order valence-corrected chi connectivity index (χ4v) is 15.5. The van der Waals surface area contributed by atoms with E-state index in [2.05, 4.69) is 297 Å². The van der Waals surface area contributed by atoms with Crippen molar-refractivity contribution in [1.29, 1.82) is 0 Å². The van der Waals surface area contributed by atoms with E-state index in [1.807, 2.05) is 0 Å². The lowest BCUT2D eigenvalue weighted by molar-refractivity contribution is 0.360. The average Bonchev–Trinajstić information content (AvgIpc) is 2.39. The van der Waals surface area contributed by atoms with Crippen LogP contribution in [0.25, 0.3) is 65.4 Å². The van der Waals surface area contributed by atoms with Crippen LogP contribution in [0.15, 0.2) is 224 Å². The van der Waals surface area contributed by atoms with E-state index in [-0.39, 0.29) is 21.7 Å². The number of hydrogen-bond acceptors (Lipinski definition) is 5.